The summed E-state index contributed by atoms with van der Waals surface area (Å²) in [7, 11) is 0. The summed E-state index contributed by atoms with van der Waals surface area (Å²) in [6.07, 6.45) is 1.20. The lowest BCUT2D eigenvalue weighted by Gasteiger charge is -2.06. The number of amides is 1. The third kappa shape index (κ3) is 2.57. The Morgan fingerprint density at radius 2 is 2.29 bits per heavy atom. The highest BCUT2D eigenvalue weighted by atomic mass is 35.5. The van der Waals surface area contributed by atoms with Crippen LogP contribution in [-0.2, 0) is 0 Å². The number of halogens is 1. The Bertz CT molecular complexity index is 566. The molecule has 1 aromatic carbocycles. The number of nitrogens with two attached hydrogens (primary N) is 1. The lowest BCUT2D eigenvalue weighted by molar-refractivity contribution is 0.102. The summed E-state index contributed by atoms with van der Waals surface area (Å²) >= 11 is 5.84. The number of rotatable bonds is 2. The van der Waals surface area contributed by atoms with Crippen molar-refractivity contribution >= 4 is 29.2 Å². The fraction of sp³-hybridized carbons (Fsp3) is 0.0909. The first-order chi connectivity index (χ1) is 8.06. The zero-order valence-electron chi connectivity index (χ0n) is 9.03. The highest BCUT2D eigenvalue weighted by Gasteiger charge is 2.12. The monoisotopic (exact) mass is 251 g/mol. The van der Waals surface area contributed by atoms with E-state index in [1.54, 1.807) is 12.1 Å². The minimum absolute atomic E-state index is 0.0435. The maximum absolute atomic E-state index is 11.8. The van der Waals surface area contributed by atoms with E-state index in [1.807, 2.05) is 13.0 Å². The number of benzene rings is 1. The van der Waals surface area contributed by atoms with E-state index in [0.717, 1.165) is 5.56 Å². The quantitative estimate of drug-likeness (QED) is 0.859. The van der Waals surface area contributed by atoms with Crippen LogP contribution in [0.2, 0.25) is 5.02 Å². The van der Waals surface area contributed by atoms with Gasteiger partial charge in [-0.15, -0.1) is 0 Å². The Kier molecular flexibility index (Phi) is 3.01. The number of nitrogens with zero attached hydrogens (tertiary/aromatic N) is 1. The number of aromatic nitrogens is 1. The number of oxazole rings is 1. The molecule has 2 rings (SSSR count). The second-order valence-electron chi connectivity index (χ2n) is 3.48. The predicted octanol–water partition coefficient (Wildman–Crippen LogP) is 2.47. The van der Waals surface area contributed by atoms with E-state index in [1.165, 1.54) is 6.26 Å². The molecule has 0 atom stereocenters. The Morgan fingerprint density at radius 1 is 1.53 bits per heavy atom. The first-order valence-corrected chi connectivity index (χ1v) is 5.22. The van der Waals surface area contributed by atoms with Crippen molar-refractivity contribution in [2.45, 2.75) is 6.92 Å². The number of hydrogen-bond acceptors (Lipinski definition) is 4. The molecule has 0 aliphatic carbocycles. The van der Waals surface area contributed by atoms with Crippen LogP contribution in [0.25, 0.3) is 0 Å². The van der Waals surface area contributed by atoms with Crippen LogP contribution in [0.15, 0.2) is 28.9 Å². The van der Waals surface area contributed by atoms with Gasteiger partial charge in [0.15, 0.2) is 5.69 Å². The predicted molar refractivity (Wildman–Crippen MR) is 65.1 cm³/mol. The molecular formula is C11H10ClN3O2. The number of anilines is 2. The van der Waals surface area contributed by atoms with E-state index >= 15 is 0 Å². The third-order valence-electron chi connectivity index (χ3n) is 2.20. The van der Waals surface area contributed by atoms with Gasteiger partial charge in [0.25, 0.3) is 11.9 Å². The molecule has 0 radical (unpaired) electrons. The van der Waals surface area contributed by atoms with Gasteiger partial charge in [0.05, 0.1) is 0 Å². The molecule has 0 aliphatic heterocycles. The van der Waals surface area contributed by atoms with E-state index in [4.69, 9.17) is 21.8 Å². The second kappa shape index (κ2) is 4.47. The standard InChI is InChI=1S/C11H10ClN3O2/c1-6-2-3-7(12)4-8(6)14-10(16)9-5-17-11(13)15-9/h2-5H,1H3,(H2,13,15)(H,14,16). The summed E-state index contributed by atoms with van der Waals surface area (Å²) in [5.74, 6) is -0.393. The normalized spacial score (nSPS) is 10.2. The van der Waals surface area contributed by atoms with Crippen LogP contribution in [0.1, 0.15) is 16.1 Å². The molecule has 0 unspecified atom stereocenters. The first-order valence-electron chi connectivity index (χ1n) is 4.85. The average molecular weight is 252 g/mol. The molecule has 0 bridgehead atoms. The fourth-order valence-electron chi connectivity index (χ4n) is 1.31. The van der Waals surface area contributed by atoms with Crippen molar-refractivity contribution in [3.63, 3.8) is 0 Å². The summed E-state index contributed by atoms with van der Waals surface area (Å²) in [6, 6.07) is 5.19. The molecule has 0 saturated heterocycles. The molecule has 88 valence electrons. The van der Waals surface area contributed by atoms with E-state index in [-0.39, 0.29) is 11.7 Å². The third-order valence-corrected chi connectivity index (χ3v) is 2.44. The van der Waals surface area contributed by atoms with Crippen LogP contribution in [0.5, 0.6) is 0 Å². The first kappa shape index (κ1) is 11.5. The molecule has 0 spiro atoms. The lowest BCUT2D eigenvalue weighted by atomic mass is 10.2. The largest absolute Gasteiger partial charge is 0.431 e. The second-order valence-corrected chi connectivity index (χ2v) is 3.92. The van der Waals surface area contributed by atoms with Gasteiger partial charge in [-0.25, -0.2) is 0 Å². The molecule has 1 amide bonds. The maximum Gasteiger partial charge on any atom is 0.292 e. The number of carbonyl (C=O) groups is 1. The Morgan fingerprint density at radius 3 is 2.94 bits per heavy atom. The molecule has 0 aliphatic rings. The summed E-state index contributed by atoms with van der Waals surface area (Å²) in [5, 5.41) is 3.23. The van der Waals surface area contributed by atoms with Gasteiger partial charge in [0.2, 0.25) is 0 Å². The zero-order valence-corrected chi connectivity index (χ0v) is 9.78. The van der Waals surface area contributed by atoms with Crippen molar-refractivity contribution in [3.8, 4) is 0 Å². The Labute approximate surface area is 103 Å². The molecule has 6 heteroatoms. The van der Waals surface area contributed by atoms with Crippen molar-refractivity contribution in [2.75, 3.05) is 11.1 Å². The van der Waals surface area contributed by atoms with Crippen molar-refractivity contribution < 1.29 is 9.21 Å². The van der Waals surface area contributed by atoms with Gasteiger partial charge in [-0.2, -0.15) is 4.98 Å². The molecular weight excluding hydrogens is 242 g/mol. The van der Waals surface area contributed by atoms with Gasteiger partial charge < -0.3 is 15.5 Å². The van der Waals surface area contributed by atoms with E-state index < -0.39 is 5.91 Å². The number of nitrogens with one attached hydrogen (secondary N) is 1. The van der Waals surface area contributed by atoms with Crippen LogP contribution < -0.4 is 11.1 Å². The van der Waals surface area contributed by atoms with Crippen molar-refractivity contribution in [1.29, 1.82) is 0 Å². The van der Waals surface area contributed by atoms with Crippen LogP contribution in [-0.4, -0.2) is 10.9 Å². The van der Waals surface area contributed by atoms with Gasteiger partial charge in [0, 0.05) is 10.7 Å². The SMILES string of the molecule is Cc1ccc(Cl)cc1NC(=O)c1coc(N)n1. The van der Waals surface area contributed by atoms with Crippen molar-refractivity contribution in [2.24, 2.45) is 0 Å². The topological polar surface area (TPSA) is 81.2 Å². The Balaban J connectivity index is 2.21. The average Bonchev–Trinajstić information content (AvgIpc) is 2.70. The van der Waals surface area contributed by atoms with E-state index in [2.05, 4.69) is 10.3 Å². The number of aryl methyl sites for hydroxylation is 1. The van der Waals surface area contributed by atoms with Gasteiger partial charge in [-0.3, -0.25) is 4.79 Å². The molecule has 0 saturated carbocycles. The summed E-state index contributed by atoms with van der Waals surface area (Å²) in [6.45, 7) is 1.86. The van der Waals surface area contributed by atoms with E-state index in [0.29, 0.717) is 10.7 Å². The molecule has 17 heavy (non-hydrogen) atoms. The van der Waals surface area contributed by atoms with Crippen LogP contribution in [0, 0.1) is 6.92 Å². The van der Waals surface area contributed by atoms with Crippen LogP contribution in [0.4, 0.5) is 11.7 Å². The molecule has 5 nitrogen and oxygen atoms in total. The smallest absolute Gasteiger partial charge is 0.292 e. The summed E-state index contributed by atoms with van der Waals surface area (Å²) in [4.78, 5) is 15.5. The molecule has 2 aromatic rings. The number of nitrogen functional groups attached to an aromatic ring is 1. The minimum atomic E-state index is -0.393. The molecule has 1 aromatic heterocycles. The van der Waals surface area contributed by atoms with Crippen molar-refractivity contribution in [1.82, 2.24) is 4.98 Å². The molecule has 0 fully saturated rings. The molecule has 1 heterocycles. The van der Waals surface area contributed by atoms with Crippen molar-refractivity contribution in [3.05, 3.63) is 40.7 Å². The van der Waals surface area contributed by atoms with Gasteiger partial charge in [0.1, 0.15) is 6.26 Å². The van der Waals surface area contributed by atoms with E-state index in [9.17, 15) is 4.79 Å². The highest BCUT2D eigenvalue weighted by molar-refractivity contribution is 6.31. The van der Waals surface area contributed by atoms with Crippen LogP contribution in [0.3, 0.4) is 0 Å². The minimum Gasteiger partial charge on any atom is -0.431 e. The van der Waals surface area contributed by atoms with Crippen LogP contribution >= 0.6 is 11.6 Å². The van der Waals surface area contributed by atoms with Gasteiger partial charge in [-0.1, -0.05) is 17.7 Å². The fourth-order valence-corrected chi connectivity index (χ4v) is 1.48. The summed E-state index contributed by atoms with van der Waals surface area (Å²) < 4.78 is 4.76. The zero-order chi connectivity index (χ0) is 12.4. The number of hydrogen-bond donors (Lipinski definition) is 2. The van der Waals surface area contributed by atoms with Gasteiger partial charge >= 0.3 is 0 Å². The summed E-state index contributed by atoms with van der Waals surface area (Å²) in [5.41, 5.74) is 6.94. The Hall–Kier alpha value is -2.01. The lowest BCUT2D eigenvalue weighted by Crippen LogP contribution is -2.13. The maximum atomic E-state index is 11.8. The van der Waals surface area contributed by atoms with Gasteiger partial charge in [-0.05, 0) is 24.6 Å². The number of carbonyl (C=O) groups excluding carboxylic acids is 1. The molecule has 3 N–H and O–H groups in total. The highest BCUT2D eigenvalue weighted by Crippen LogP contribution is 2.20.